The average Bonchev–Trinajstić information content (AvgIpc) is 2.86. The molecule has 0 aromatic heterocycles. The summed E-state index contributed by atoms with van der Waals surface area (Å²) >= 11 is 4.77. The molecule has 2 aliphatic carbocycles. The molecule has 0 aliphatic heterocycles. The molecule has 170 valence electrons. The summed E-state index contributed by atoms with van der Waals surface area (Å²) in [6.45, 7) is 2.31. The molecule has 1 nitrogen and oxygen atoms in total. The molecule has 0 unspecified atom stereocenters. The van der Waals surface area contributed by atoms with E-state index in [9.17, 15) is 0 Å². The van der Waals surface area contributed by atoms with Gasteiger partial charge in [0.2, 0.25) is 0 Å². The van der Waals surface area contributed by atoms with Gasteiger partial charge in [0.15, 0.2) is 0 Å². The number of nitrogens with zero attached hydrogens (tertiary/aromatic N) is 1. The minimum Gasteiger partial charge on any atom is -0.229 e. The van der Waals surface area contributed by atoms with E-state index in [0.717, 1.165) is 12.8 Å². The van der Waals surface area contributed by atoms with Crippen LogP contribution in [0.3, 0.4) is 0 Å². The number of unbranched alkanes of at least 4 members (excludes halogenated alkanes) is 2. The average molecular weight is 446 g/mol. The van der Waals surface area contributed by atoms with Gasteiger partial charge in [-0.2, -0.15) is 0 Å². The summed E-state index contributed by atoms with van der Waals surface area (Å²) in [5, 5.41) is 2.57. The Labute approximate surface area is 200 Å². The quantitative estimate of drug-likeness (QED) is 0.224. The molecule has 0 heterocycles. The van der Waals surface area contributed by atoms with Crippen molar-refractivity contribution in [2.45, 2.75) is 108 Å². The molecule has 0 atom stereocenters. The van der Waals surface area contributed by atoms with Crippen LogP contribution in [0.2, 0.25) is 0 Å². The van der Waals surface area contributed by atoms with Crippen molar-refractivity contribution in [2.24, 2.45) is 4.99 Å². The predicted octanol–water partition coefficient (Wildman–Crippen LogP) is 9.26. The summed E-state index contributed by atoms with van der Waals surface area (Å²) in [4.78, 5) is 4.30. The van der Waals surface area contributed by atoms with Crippen molar-refractivity contribution in [2.75, 3.05) is 0 Å². The second kappa shape index (κ2) is 11.4. The van der Waals surface area contributed by atoms with E-state index in [-0.39, 0.29) is 0 Å². The summed E-state index contributed by atoms with van der Waals surface area (Å²) in [7, 11) is 0. The van der Waals surface area contributed by atoms with Gasteiger partial charge in [-0.15, -0.1) is 0 Å². The maximum absolute atomic E-state index is 4.77. The van der Waals surface area contributed by atoms with Crippen LogP contribution in [-0.4, -0.2) is 11.2 Å². The molecule has 0 N–H and O–H groups in total. The van der Waals surface area contributed by atoms with E-state index in [1.165, 1.54) is 87.3 Å². The lowest BCUT2D eigenvalue weighted by atomic mass is 9.66. The fraction of sp³-hybridized carbons (Fsp3) is 0.567. The largest absolute Gasteiger partial charge is 0.229 e. The van der Waals surface area contributed by atoms with E-state index in [1.807, 2.05) is 0 Å². The molecule has 0 bridgehead atoms. The van der Waals surface area contributed by atoms with Gasteiger partial charge in [0.05, 0.1) is 11.2 Å². The Kier molecular flexibility index (Phi) is 8.33. The molecule has 2 aromatic carbocycles. The van der Waals surface area contributed by atoms with Crippen molar-refractivity contribution < 1.29 is 0 Å². The molecule has 0 spiro atoms. The lowest BCUT2D eigenvalue weighted by Crippen LogP contribution is -2.29. The Hall–Kier alpha value is -1.76. The number of hydrogen-bond acceptors (Lipinski definition) is 2. The minimum atomic E-state index is 0.399. The highest BCUT2D eigenvalue weighted by molar-refractivity contribution is 7.78. The summed E-state index contributed by atoms with van der Waals surface area (Å²) in [5.41, 5.74) is 6.18. The SMILES string of the molecule is CCCCCC1(c2ccc(-c3ccc(C4CCC(N=C=S)CC4)cc3)cc2)CCCCC1. The minimum absolute atomic E-state index is 0.399. The van der Waals surface area contributed by atoms with Crippen LogP contribution in [0.25, 0.3) is 11.1 Å². The lowest BCUT2D eigenvalue weighted by molar-refractivity contribution is 0.266. The van der Waals surface area contributed by atoms with Crippen LogP contribution in [0.4, 0.5) is 0 Å². The monoisotopic (exact) mass is 445 g/mol. The van der Waals surface area contributed by atoms with Gasteiger partial charge in [-0.05, 0) is 90.8 Å². The van der Waals surface area contributed by atoms with Crippen molar-refractivity contribution in [3.05, 3.63) is 59.7 Å². The fourth-order valence-corrected chi connectivity index (χ4v) is 6.35. The normalized spacial score (nSPS) is 22.8. The molecule has 2 aliphatic rings. The van der Waals surface area contributed by atoms with Crippen molar-refractivity contribution in [1.82, 2.24) is 0 Å². The van der Waals surface area contributed by atoms with E-state index in [4.69, 9.17) is 12.2 Å². The van der Waals surface area contributed by atoms with Crippen LogP contribution in [0.1, 0.15) is 107 Å². The first kappa shape index (κ1) is 23.4. The number of rotatable bonds is 8. The third kappa shape index (κ3) is 5.59. The Morgan fingerprint density at radius 1 is 0.844 bits per heavy atom. The molecular formula is C30H39NS. The third-order valence-electron chi connectivity index (χ3n) is 8.21. The van der Waals surface area contributed by atoms with Gasteiger partial charge in [-0.1, -0.05) is 94.0 Å². The standard InChI is InChI=1S/C30H39NS/c1-2-3-5-20-30(21-6-4-7-22-30)28-16-12-26(13-17-28)24-8-10-25(11-9-24)27-14-18-29(19-15-27)31-23-32/h8-13,16-17,27,29H,2-7,14-15,18-22H2,1H3. The molecule has 0 saturated heterocycles. The highest BCUT2D eigenvalue weighted by atomic mass is 32.1. The van der Waals surface area contributed by atoms with Crippen LogP contribution < -0.4 is 0 Å². The Balaban J connectivity index is 1.44. The second-order valence-electron chi connectivity index (χ2n) is 10.2. The molecule has 32 heavy (non-hydrogen) atoms. The smallest absolute Gasteiger partial charge is 0.0603 e. The first-order chi connectivity index (χ1) is 15.7. The van der Waals surface area contributed by atoms with Crippen molar-refractivity contribution >= 4 is 17.4 Å². The van der Waals surface area contributed by atoms with Crippen molar-refractivity contribution in [3.8, 4) is 11.1 Å². The second-order valence-corrected chi connectivity index (χ2v) is 10.4. The zero-order valence-electron chi connectivity index (χ0n) is 19.8. The molecule has 2 saturated carbocycles. The summed E-state index contributed by atoms with van der Waals surface area (Å²) < 4.78 is 0. The summed E-state index contributed by atoms with van der Waals surface area (Å²) in [6, 6.07) is 19.4. The van der Waals surface area contributed by atoms with Gasteiger partial charge in [0, 0.05) is 0 Å². The van der Waals surface area contributed by atoms with Gasteiger partial charge in [-0.3, -0.25) is 0 Å². The Morgan fingerprint density at radius 3 is 2.06 bits per heavy atom. The molecule has 0 amide bonds. The first-order valence-electron chi connectivity index (χ1n) is 13.0. The van der Waals surface area contributed by atoms with E-state index in [2.05, 4.69) is 65.6 Å². The van der Waals surface area contributed by atoms with Crippen molar-refractivity contribution in [3.63, 3.8) is 0 Å². The zero-order chi connectivity index (χ0) is 22.2. The number of isothiocyanates is 1. The maximum atomic E-state index is 4.77. The predicted molar refractivity (Wildman–Crippen MR) is 141 cm³/mol. The number of thiocarbonyl (C=S) groups is 1. The highest BCUT2D eigenvalue weighted by Gasteiger charge is 2.33. The summed E-state index contributed by atoms with van der Waals surface area (Å²) in [5.74, 6) is 0.664. The summed E-state index contributed by atoms with van der Waals surface area (Å²) in [6.07, 6.45) is 17.1. The number of benzene rings is 2. The van der Waals surface area contributed by atoms with Crippen LogP contribution in [0.15, 0.2) is 53.5 Å². The third-order valence-corrected chi connectivity index (χ3v) is 8.32. The number of hydrogen-bond donors (Lipinski definition) is 0. The van der Waals surface area contributed by atoms with Crippen LogP contribution in [0, 0.1) is 0 Å². The van der Waals surface area contributed by atoms with Gasteiger partial charge < -0.3 is 0 Å². The Morgan fingerprint density at radius 2 is 1.47 bits per heavy atom. The molecular weight excluding hydrogens is 406 g/mol. The maximum Gasteiger partial charge on any atom is 0.0603 e. The van der Waals surface area contributed by atoms with Gasteiger partial charge in [0.1, 0.15) is 0 Å². The van der Waals surface area contributed by atoms with Gasteiger partial charge >= 0.3 is 0 Å². The highest BCUT2D eigenvalue weighted by Crippen LogP contribution is 2.44. The molecule has 0 radical (unpaired) electrons. The first-order valence-corrected chi connectivity index (χ1v) is 13.4. The van der Waals surface area contributed by atoms with E-state index in [0.29, 0.717) is 17.4 Å². The molecule has 2 heteroatoms. The van der Waals surface area contributed by atoms with E-state index >= 15 is 0 Å². The zero-order valence-corrected chi connectivity index (χ0v) is 20.6. The van der Waals surface area contributed by atoms with Crippen molar-refractivity contribution in [1.29, 1.82) is 0 Å². The number of aliphatic imine (C=N–C) groups is 1. The van der Waals surface area contributed by atoms with Crippen LogP contribution in [-0.2, 0) is 5.41 Å². The van der Waals surface area contributed by atoms with Crippen LogP contribution in [0.5, 0.6) is 0 Å². The van der Waals surface area contributed by atoms with E-state index < -0.39 is 0 Å². The molecule has 4 rings (SSSR count). The van der Waals surface area contributed by atoms with Gasteiger partial charge in [-0.25, -0.2) is 4.99 Å². The molecule has 2 fully saturated rings. The van der Waals surface area contributed by atoms with Gasteiger partial charge in [0.25, 0.3) is 0 Å². The van der Waals surface area contributed by atoms with E-state index in [1.54, 1.807) is 5.56 Å². The molecule has 2 aromatic rings. The van der Waals surface area contributed by atoms with Crippen LogP contribution >= 0.6 is 12.2 Å². The Bertz CT molecular complexity index is 877. The topological polar surface area (TPSA) is 12.4 Å². The fourth-order valence-electron chi connectivity index (χ4n) is 6.20. The lowest BCUT2D eigenvalue weighted by Gasteiger charge is -2.38.